The molecule has 0 bridgehead atoms. The van der Waals surface area contributed by atoms with Crippen molar-refractivity contribution in [2.24, 2.45) is 0 Å². The highest BCUT2D eigenvalue weighted by Crippen LogP contribution is 2.17. The molecule has 0 unspecified atom stereocenters. The van der Waals surface area contributed by atoms with Crippen molar-refractivity contribution in [3.63, 3.8) is 0 Å². The van der Waals surface area contributed by atoms with Crippen LogP contribution < -0.4 is 0 Å². The molecular formula is C20H38N2O2S2. The molecule has 152 valence electrons. The monoisotopic (exact) mass is 402 g/mol. The van der Waals surface area contributed by atoms with Crippen molar-refractivity contribution >= 4 is 22.7 Å². The van der Waals surface area contributed by atoms with E-state index in [2.05, 4.69) is 31.4 Å². The first-order valence-corrected chi connectivity index (χ1v) is 12.2. The molecule has 1 rings (SSSR count). The molecule has 0 aliphatic carbocycles. The van der Waals surface area contributed by atoms with Crippen LogP contribution in [-0.2, 0) is 10.0 Å². The first-order valence-electron chi connectivity index (χ1n) is 10.1. The maximum atomic E-state index is 13.0. The van der Waals surface area contributed by atoms with Crippen LogP contribution in [0.15, 0.2) is 22.6 Å². The summed E-state index contributed by atoms with van der Waals surface area (Å²) in [4.78, 5) is 2.78. The van der Waals surface area contributed by atoms with E-state index in [-0.39, 0.29) is 0 Å². The maximum absolute atomic E-state index is 13.0. The number of hydrogen-bond donors (Lipinski definition) is 1. The molecule has 26 heavy (non-hydrogen) atoms. The standard InChI is InChI=1S/C20H38N2O2S2/c1-4-6-7-10-20(5-2)12-11-19(3)26(23,24)22(17-18-25)16-15-21-13-8-9-14-21/h11-12,25H,4-10,13-18H2,1-3H3/b19-11+,20-12+. The molecule has 1 saturated heterocycles. The van der Waals surface area contributed by atoms with Gasteiger partial charge in [-0.2, -0.15) is 16.9 Å². The fourth-order valence-electron chi connectivity index (χ4n) is 3.23. The van der Waals surface area contributed by atoms with Crippen LogP contribution in [0.3, 0.4) is 0 Å². The van der Waals surface area contributed by atoms with Crippen molar-refractivity contribution in [3.8, 4) is 0 Å². The van der Waals surface area contributed by atoms with E-state index >= 15 is 0 Å². The van der Waals surface area contributed by atoms with Gasteiger partial charge < -0.3 is 4.90 Å². The first kappa shape index (κ1) is 23.7. The lowest BCUT2D eigenvalue weighted by Crippen LogP contribution is -2.39. The molecule has 0 aromatic rings. The molecule has 6 heteroatoms. The summed E-state index contributed by atoms with van der Waals surface area (Å²) in [5, 5.41) is 0. The largest absolute Gasteiger partial charge is 0.302 e. The van der Waals surface area contributed by atoms with E-state index in [0.717, 1.165) is 32.5 Å². The lowest BCUT2D eigenvalue weighted by Gasteiger charge is -2.24. The van der Waals surface area contributed by atoms with E-state index in [0.29, 0.717) is 23.7 Å². The molecule has 0 aromatic carbocycles. The van der Waals surface area contributed by atoms with Gasteiger partial charge >= 0.3 is 0 Å². The van der Waals surface area contributed by atoms with E-state index in [9.17, 15) is 8.42 Å². The molecule has 0 N–H and O–H groups in total. The Hall–Kier alpha value is -0.300. The second kappa shape index (κ2) is 13.0. The summed E-state index contributed by atoms with van der Waals surface area (Å²) >= 11 is 4.26. The van der Waals surface area contributed by atoms with Gasteiger partial charge in [0.1, 0.15) is 0 Å². The Morgan fingerprint density at radius 2 is 1.81 bits per heavy atom. The Kier molecular flexibility index (Phi) is 11.8. The van der Waals surface area contributed by atoms with Gasteiger partial charge in [0, 0.05) is 25.4 Å². The molecule has 0 amide bonds. The summed E-state index contributed by atoms with van der Waals surface area (Å²) in [5.74, 6) is 0.541. The quantitative estimate of drug-likeness (QED) is 0.281. The number of nitrogens with zero attached hydrogens (tertiary/aromatic N) is 2. The average molecular weight is 403 g/mol. The van der Waals surface area contributed by atoms with Gasteiger partial charge in [0.2, 0.25) is 10.0 Å². The number of sulfonamides is 1. The number of hydrogen-bond acceptors (Lipinski definition) is 4. The van der Waals surface area contributed by atoms with Crippen molar-refractivity contribution in [1.82, 2.24) is 9.21 Å². The fraction of sp³-hybridized carbons (Fsp3) is 0.800. The van der Waals surface area contributed by atoms with Crippen molar-refractivity contribution in [2.45, 2.75) is 65.7 Å². The zero-order valence-electron chi connectivity index (χ0n) is 16.9. The minimum atomic E-state index is -3.41. The summed E-state index contributed by atoms with van der Waals surface area (Å²) in [5.41, 5.74) is 1.32. The average Bonchev–Trinajstić information content (AvgIpc) is 3.14. The van der Waals surface area contributed by atoms with Gasteiger partial charge in [-0.3, -0.25) is 0 Å². The normalized spacial score (nSPS) is 17.4. The highest BCUT2D eigenvalue weighted by Gasteiger charge is 2.24. The fourth-order valence-corrected chi connectivity index (χ4v) is 4.91. The summed E-state index contributed by atoms with van der Waals surface area (Å²) in [7, 11) is -3.41. The number of thiol groups is 1. The molecule has 4 nitrogen and oxygen atoms in total. The van der Waals surface area contributed by atoms with Crippen LogP contribution in [0.25, 0.3) is 0 Å². The Balaban J connectivity index is 2.76. The minimum absolute atomic E-state index is 0.433. The van der Waals surface area contributed by atoms with Gasteiger partial charge in [-0.1, -0.05) is 38.3 Å². The number of allylic oxidation sites excluding steroid dienone is 4. The molecule has 0 radical (unpaired) electrons. The molecular weight excluding hydrogens is 364 g/mol. The summed E-state index contributed by atoms with van der Waals surface area (Å²) in [6, 6.07) is 0. The van der Waals surface area contributed by atoms with E-state index in [4.69, 9.17) is 0 Å². The third-order valence-corrected chi connectivity index (χ3v) is 7.26. The second-order valence-electron chi connectivity index (χ2n) is 7.09. The van der Waals surface area contributed by atoms with Crippen molar-refractivity contribution in [1.29, 1.82) is 0 Å². The van der Waals surface area contributed by atoms with E-state index in [1.807, 2.05) is 6.08 Å². The predicted octanol–water partition coefficient (Wildman–Crippen LogP) is 4.46. The third kappa shape index (κ3) is 8.15. The van der Waals surface area contributed by atoms with Crippen LogP contribution in [-0.4, -0.2) is 56.1 Å². The van der Waals surface area contributed by atoms with Gasteiger partial charge in [-0.15, -0.1) is 0 Å². The van der Waals surface area contributed by atoms with Crippen LogP contribution in [0, 0.1) is 0 Å². The molecule has 1 aliphatic rings. The molecule has 0 spiro atoms. The Bertz CT molecular complexity index is 550. The zero-order valence-corrected chi connectivity index (χ0v) is 18.6. The summed E-state index contributed by atoms with van der Waals surface area (Å²) in [6.07, 6.45) is 11.9. The minimum Gasteiger partial charge on any atom is -0.302 e. The Labute approximate surface area is 167 Å². The van der Waals surface area contributed by atoms with Crippen molar-refractivity contribution < 1.29 is 8.42 Å². The molecule has 1 heterocycles. The van der Waals surface area contributed by atoms with Gasteiger partial charge in [0.05, 0.1) is 4.91 Å². The van der Waals surface area contributed by atoms with Crippen LogP contribution in [0.1, 0.15) is 65.7 Å². The van der Waals surface area contributed by atoms with E-state index < -0.39 is 10.0 Å². The Morgan fingerprint density at radius 1 is 1.12 bits per heavy atom. The SMILES string of the molecule is CCCCC/C(=C/C=C(\C)S(=O)(=O)N(CCS)CCN1CCCC1)CC. The smallest absolute Gasteiger partial charge is 0.239 e. The number of unbranched alkanes of at least 4 members (excludes halogenated alkanes) is 2. The highest BCUT2D eigenvalue weighted by atomic mass is 32.2. The number of rotatable bonds is 13. The molecule has 1 aliphatic heterocycles. The van der Waals surface area contributed by atoms with Crippen molar-refractivity contribution in [3.05, 3.63) is 22.6 Å². The highest BCUT2D eigenvalue weighted by molar-refractivity contribution is 7.93. The van der Waals surface area contributed by atoms with Crippen LogP contribution >= 0.6 is 12.6 Å². The molecule has 0 aromatic heterocycles. The lowest BCUT2D eigenvalue weighted by atomic mass is 10.1. The van der Waals surface area contributed by atoms with E-state index in [1.165, 1.54) is 37.7 Å². The van der Waals surface area contributed by atoms with Crippen LogP contribution in [0.4, 0.5) is 0 Å². The van der Waals surface area contributed by atoms with Gasteiger partial charge in [0.15, 0.2) is 0 Å². The number of likely N-dealkylation sites (tertiary alicyclic amines) is 1. The van der Waals surface area contributed by atoms with Crippen LogP contribution in [0.5, 0.6) is 0 Å². The Morgan fingerprint density at radius 3 is 2.38 bits per heavy atom. The molecule has 1 fully saturated rings. The maximum Gasteiger partial charge on any atom is 0.239 e. The predicted molar refractivity (Wildman–Crippen MR) is 116 cm³/mol. The zero-order chi connectivity index (χ0) is 19.4. The van der Waals surface area contributed by atoms with Crippen LogP contribution in [0.2, 0.25) is 0 Å². The topological polar surface area (TPSA) is 40.6 Å². The van der Waals surface area contributed by atoms with Gasteiger partial charge in [-0.05, 0) is 58.2 Å². The summed E-state index contributed by atoms with van der Waals surface area (Å²) < 4.78 is 27.5. The van der Waals surface area contributed by atoms with Crippen molar-refractivity contribution in [2.75, 3.05) is 38.5 Å². The van der Waals surface area contributed by atoms with Gasteiger partial charge in [0.25, 0.3) is 0 Å². The summed E-state index contributed by atoms with van der Waals surface area (Å²) in [6.45, 7) is 10.1. The lowest BCUT2D eigenvalue weighted by molar-refractivity contribution is 0.300. The second-order valence-corrected chi connectivity index (χ2v) is 9.65. The first-order chi connectivity index (χ1) is 12.5. The van der Waals surface area contributed by atoms with Gasteiger partial charge in [-0.25, -0.2) is 8.42 Å². The third-order valence-electron chi connectivity index (χ3n) is 5.07. The molecule has 0 atom stereocenters. The molecule has 0 saturated carbocycles. The van der Waals surface area contributed by atoms with E-state index in [1.54, 1.807) is 17.3 Å².